The molecule has 3 aromatic heterocycles. The van der Waals surface area contributed by atoms with E-state index in [4.69, 9.17) is 4.74 Å². The number of hydrogen-bond donors (Lipinski definition) is 0. The molecule has 4 aromatic rings. The van der Waals surface area contributed by atoms with Crippen molar-refractivity contribution >= 4 is 23.4 Å². The van der Waals surface area contributed by atoms with E-state index in [1.807, 2.05) is 74.4 Å². The highest BCUT2D eigenvalue weighted by Crippen LogP contribution is 2.36. The predicted molar refractivity (Wildman–Crippen MR) is 138 cm³/mol. The van der Waals surface area contributed by atoms with E-state index in [1.54, 1.807) is 27.4 Å². The first-order valence-corrected chi connectivity index (χ1v) is 12.8. The maximum Gasteiger partial charge on any atom is 0.410 e. The summed E-state index contributed by atoms with van der Waals surface area (Å²) in [6.45, 7) is 6.90. The summed E-state index contributed by atoms with van der Waals surface area (Å²) in [4.78, 5) is 16.4. The molecule has 0 unspecified atom stereocenters. The van der Waals surface area contributed by atoms with Crippen molar-refractivity contribution in [2.45, 2.75) is 55.0 Å². The lowest BCUT2D eigenvalue weighted by molar-refractivity contribution is 0.0167. The summed E-state index contributed by atoms with van der Waals surface area (Å²) in [5.74, 6) is 0. The molecule has 36 heavy (non-hydrogen) atoms. The molecule has 1 aliphatic heterocycles. The van der Waals surface area contributed by atoms with Crippen LogP contribution in [0.5, 0.6) is 0 Å². The van der Waals surface area contributed by atoms with E-state index in [1.165, 1.54) is 0 Å². The van der Waals surface area contributed by atoms with Gasteiger partial charge in [-0.3, -0.25) is 4.68 Å². The van der Waals surface area contributed by atoms with Crippen LogP contribution in [0.2, 0.25) is 0 Å². The summed E-state index contributed by atoms with van der Waals surface area (Å²) < 4.78 is 9.29. The minimum Gasteiger partial charge on any atom is -0.444 e. The van der Waals surface area contributed by atoms with E-state index in [9.17, 15) is 10.1 Å². The van der Waals surface area contributed by atoms with Gasteiger partial charge in [0.15, 0.2) is 0 Å². The van der Waals surface area contributed by atoms with Crippen molar-refractivity contribution in [3.05, 3.63) is 66.7 Å². The Balaban J connectivity index is 1.43. The van der Waals surface area contributed by atoms with Crippen LogP contribution in [0.15, 0.2) is 71.0 Å². The number of piperidine rings is 1. The van der Waals surface area contributed by atoms with Gasteiger partial charge in [0.2, 0.25) is 0 Å². The SMILES string of the molecule is CC(C)(C)OC(=O)N1CCC[C@H](n2cc(-c3cc(Sc4ccccc4)c4c(C#N)cnn4c3)cn2)C1. The molecule has 1 atom stereocenters. The topological polar surface area (TPSA) is 88.5 Å². The van der Waals surface area contributed by atoms with Gasteiger partial charge >= 0.3 is 6.09 Å². The van der Waals surface area contributed by atoms with E-state index in [0.717, 1.165) is 39.3 Å². The van der Waals surface area contributed by atoms with Crippen molar-refractivity contribution in [1.82, 2.24) is 24.3 Å². The van der Waals surface area contributed by atoms with Gasteiger partial charge in [0.25, 0.3) is 0 Å². The summed E-state index contributed by atoms with van der Waals surface area (Å²) in [7, 11) is 0. The molecule has 5 rings (SSSR count). The summed E-state index contributed by atoms with van der Waals surface area (Å²) in [5, 5.41) is 18.7. The normalized spacial score (nSPS) is 16.2. The number of carbonyl (C=O) groups excluding carboxylic acids is 1. The van der Waals surface area contributed by atoms with Crippen LogP contribution in [0.1, 0.15) is 45.2 Å². The Labute approximate surface area is 214 Å². The van der Waals surface area contributed by atoms with E-state index < -0.39 is 5.60 Å². The third kappa shape index (κ3) is 5.09. The second kappa shape index (κ2) is 9.70. The van der Waals surface area contributed by atoms with Crippen LogP contribution >= 0.6 is 11.8 Å². The van der Waals surface area contributed by atoms with Crippen LogP contribution in [0.3, 0.4) is 0 Å². The minimum absolute atomic E-state index is 0.0804. The van der Waals surface area contributed by atoms with Gasteiger partial charge in [-0.05, 0) is 51.8 Å². The molecule has 1 aliphatic rings. The average molecular weight is 501 g/mol. The van der Waals surface area contributed by atoms with Gasteiger partial charge in [0.05, 0.1) is 29.5 Å². The van der Waals surface area contributed by atoms with Crippen LogP contribution in [0.4, 0.5) is 4.79 Å². The van der Waals surface area contributed by atoms with Crippen LogP contribution in [0, 0.1) is 11.3 Å². The molecule has 184 valence electrons. The Hall–Kier alpha value is -3.77. The number of amides is 1. The lowest BCUT2D eigenvalue weighted by Crippen LogP contribution is -2.43. The maximum atomic E-state index is 12.6. The third-order valence-corrected chi connectivity index (χ3v) is 7.06. The molecule has 0 saturated carbocycles. The van der Waals surface area contributed by atoms with Crippen LogP contribution in [-0.2, 0) is 4.74 Å². The van der Waals surface area contributed by atoms with E-state index in [0.29, 0.717) is 18.7 Å². The van der Waals surface area contributed by atoms with Crippen molar-refractivity contribution in [3.63, 3.8) is 0 Å². The highest BCUT2D eigenvalue weighted by molar-refractivity contribution is 7.99. The van der Waals surface area contributed by atoms with Gasteiger partial charge in [0.1, 0.15) is 11.7 Å². The van der Waals surface area contributed by atoms with Crippen LogP contribution in [0.25, 0.3) is 16.6 Å². The number of ether oxygens (including phenoxy) is 1. The zero-order chi connectivity index (χ0) is 25.3. The molecule has 1 saturated heterocycles. The minimum atomic E-state index is -0.519. The predicted octanol–water partition coefficient (Wildman–Crippen LogP) is 5.79. The molecule has 1 fully saturated rings. The average Bonchev–Trinajstić information content (AvgIpc) is 3.51. The Morgan fingerprint density at radius 3 is 2.69 bits per heavy atom. The first kappa shape index (κ1) is 23.9. The van der Waals surface area contributed by atoms with Gasteiger partial charge in [-0.1, -0.05) is 30.0 Å². The summed E-state index contributed by atoms with van der Waals surface area (Å²) >= 11 is 1.61. The molecule has 0 bridgehead atoms. The number of pyridine rings is 1. The first-order chi connectivity index (χ1) is 17.3. The fourth-order valence-corrected chi connectivity index (χ4v) is 5.40. The monoisotopic (exact) mass is 500 g/mol. The molecule has 8 nitrogen and oxygen atoms in total. The largest absolute Gasteiger partial charge is 0.444 e. The molecule has 1 aromatic carbocycles. The Bertz CT molecular complexity index is 1430. The molecule has 9 heteroatoms. The summed E-state index contributed by atoms with van der Waals surface area (Å²) in [6, 6.07) is 14.5. The lowest BCUT2D eigenvalue weighted by Gasteiger charge is -2.34. The van der Waals surface area contributed by atoms with Crippen molar-refractivity contribution in [2.75, 3.05) is 13.1 Å². The quantitative estimate of drug-likeness (QED) is 0.352. The number of fused-ring (bicyclic) bond motifs is 1. The van der Waals surface area contributed by atoms with Crippen LogP contribution in [-0.4, -0.2) is 49.1 Å². The van der Waals surface area contributed by atoms with Gasteiger partial charge in [0, 0.05) is 46.4 Å². The highest BCUT2D eigenvalue weighted by atomic mass is 32.2. The molecule has 0 N–H and O–H groups in total. The smallest absolute Gasteiger partial charge is 0.410 e. The number of carbonyl (C=O) groups is 1. The fourth-order valence-electron chi connectivity index (χ4n) is 4.37. The molecule has 4 heterocycles. The highest BCUT2D eigenvalue weighted by Gasteiger charge is 2.29. The number of hydrogen-bond acceptors (Lipinski definition) is 6. The van der Waals surface area contributed by atoms with Crippen molar-refractivity contribution < 1.29 is 9.53 Å². The zero-order valence-corrected chi connectivity index (χ0v) is 21.4. The number of likely N-dealkylation sites (tertiary alicyclic amines) is 1. The van der Waals surface area contributed by atoms with E-state index >= 15 is 0 Å². The lowest BCUT2D eigenvalue weighted by atomic mass is 10.1. The van der Waals surface area contributed by atoms with Crippen molar-refractivity contribution in [2.24, 2.45) is 0 Å². The summed E-state index contributed by atoms with van der Waals surface area (Å²) in [6.07, 6.45) is 8.96. The Morgan fingerprint density at radius 2 is 1.94 bits per heavy atom. The second-order valence-corrected chi connectivity index (χ2v) is 11.0. The Kier molecular flexibility index (Phi) is 6.46. The zero-order valence-electron chi connectivity index (χ0n) is 20.6. The maximum absolute atomic E-state index is 12.6. The standard InChI is InChI=1S/C27H28N6O2S/c1-27(2,3)35-26(34)31-11-7-8-22(18-31)32-17-21(15-29-32)19-12-24(36-23-9-5-4-6-10-23)25-20(13-28)14-30-33(25)16-19/h4-6,9-10,12,14-17,22H,7-8,11,18H2,1-3H3/t22-/m0/s1. The van der Waals surface area contributed by atoms with E-state index in [-0.39, 0.29) is 12.1 Å². The molecular weight excluding hydrogens is 472 g/mol. The van der Waals surface area contributed by atoms with Crippen LogP contribution < -0.4 is 0 Å². The van der Waals surface area contributed by atoms with Gasteiger partial charge in [-0.25, -0.2) is 9.31 Å². The molecular formula is C27H28N6O2S. The number of aromatic nitrogens is 4. The number of nitriles is 1. The fraction of sp³-hybridized carbons (Fsp3) is 0.333. The first-order valence-electron chi connectivity index (χ1n) is 12.0. The molecule has 0 radical (unpaired) electrons. The third-order valence-electron chi connectivity index (χ3n) is 6.03. The van der Waals surface area contributed by atoms with E-state index in [2.05, 4.69) is 22.3 Å². The number of rotatable bonds is 4. The Morgan fingerprint density at radius 1 is 1.14 bits per heavy atom. The second-order valence-electron chi connectivity index (χ2n) is 9.90. The van der Waals surface area contributed by atoms with Crippen molar-refractivity contribution in [3.8, 4) is 17.2 Å². The number of nitrogens with zero attached hydrogens (tertiary/aromatic N) is 6. The van der Waals surface area contributed by atoms with Gasteiger partial charge in [-0.15, -0.1) is 0 Å². The van der Waals surface area contributed by atoms with Crippen molar-refractivity contribution in [1.29, 1.82) is 5.26 Å². The molecule has 0 aliphatic carbocycles. The van der Waals surface area contributed by atoms with Gasteiger partial charge < -0.3 is 9.64 Å². The summed E-state index contributed by atoms with van der Waals surface area (Å²) in [5.41, 5.74) is 2.73. The number of benzene rings is 1. The molecule has 1 amide bonds. The molecule has 0 spiro atoms. The van der Waals surface area contributed by atoms with Gasteiger partial charge in [-0.2, -0.15) is 15.5 Å².